The maximum atomic E-state index is 11.9. The molecule has 5 N–H and O–H groups in total. The first kappa shape index (κ1) is 20.1. The Morgan fingerprint density at radius 1 is 1.30 bits per heavy atom. The van der Waals surface area contributed by atoms with E-state index < -0.39 is 24.0 Å². The summed E-state index contributed by atoms with van der Waals surface area (Å²) < 4.78 is 0. The first-order valence-corrected chi connectivity index (χ1v) is 8.84. The van der Waals surface area contributed by atoms with Crippen LogP contribution in [0.3, 0.4) is 0 Å². The number of nitrogens with two attached hydrogens (primary N) is 1. The molecule has 2 amide bonds. The predicted molar refractivity (Wildman–Crippen MR) is 93.7 cm³/mol. The number of carbonyl (C=O) groups is 2. The first-order chi connectivity index (χ1) is 10.9. The molecule has 0 aliphatic heterocycles. The van der Waals surface area contributed by atoms with E-state index in [1.807, 2.05) is 6.92 Å². The van der Waals surface area contributed by atoms with Crippen molar-refractivity contribution in [2.75, 3.05) is 11.5 Å². The summed E-state index contributed by atoms with van der Waals surface area (Å²) in [5, 5.41) is 10.4. The van der Waals surface area contributed by atoms with Gasteiger partial charge in [0.2, 0.25) is 0 Å². The highest BCUT2D eigenvalue weighted by atomic mass is 35.5. The number of hydrogen-bond acceptors (Lipinski definition) is 5. The van der Waals surface area contributed by atoms with Crippen molar-refractivity contribution in [3.8, 4) is 0 Å². The van der Waals surface area contributed by atoms with Crippen LogP contribution in [0.2, 0.25) is 10.0 Å². The Hall–Kier alpha value is -0.990. The molecule has 6 nitrogen and oxygen atoms in total. The summed E-state index contributed by atoms with van der Waals surface area (Å²) >= 11 is 13.2. The van der Waals surface area contributed by atoms with Crippen LogP contribution in [0.5, 0.6) is 0 Å². The molecule has 0 saturated heterocycles. The zero-order valence-corrected chi connectivity index (χ0v) is 14.8. The number of thioether (sulfide) groups is 1. The van der Waals surface area contributed by atoms with Crippen molar-refractivity contribution >= 4 is 46.8 Å². The normalized spacial score (nSPS) is 13.3. The van der Waals surface area contributed by atoms with Crippen LogP contribution in [-0.4, -0.2) is 40.6 Å². The summed E-state index contributed by atoms with van der Waals surface area (Å²) in [5.41, 5.74) is 10.3. The van der Waals surface area contributed by atoms with E-state index in [0.717, 1.165) is 11.5 Å². The van der Waals surface area contributed by atoms with Gasteiger partial charge in [0, 0.05) is 11.6 Å². The van der Waals surface area contributed by atoms with Gasteiger partial charge in [0.25, 0.3) is 11.8 Å². The Morgan fingerprint density at radius 2 is 2.00 bits per heavy atom. The number of hydrazine groups is 1. The Balaban J connectivity index is 2.48. The Kier molecular flexibility index (Phi) is 8.72. The maximum Gasteiger partial charge on any atom is 0.269 e. The largest absolute Gasteiger partial charge is 0.382 e. The van der Waals surface area contributed by atoms with E-state index in [2.05, 4.69) is 10.9 Å². The number of halogens is 2. The second kappa shape index (κ2) is 10.00. The fraction of sp³-hybridized carbons (Fsp3) is 0.429. The van der Waals surface area contributed by atoms with Crippen molar-refractivity contribution < 1.29 is 14.7 Å². The second-order valence-corrected chi connectivity index (χ2v) is 6.87. The second-order valence-electron chi connectivity index (χ2n) is 4.67. The molecule has 2 atom stereocenters. The topological polar surface area (TPSA) is 104 Å². The van der Waals surface area contributed by atoms with Gasteiger partial charge in [-0.25, -0.2) is 0 Å². The van der Waals surface area contributed by atoms with Crippen LogP contribution in [-0.2, 0) is 4.79 Å². The average Bonchev–Trinajstić information content (AvgIpc) is 2.54. The van der Waals surface area contributed by atoms with Gasteiger partial charge in [-0.2, -0.15) is 11.8 Å². The molecule has 0 saturated carbocycles. The predicted octanol–water partition coefficient (Wildman–Crippen LogP) is 1.59. The lowest BCUT2D eigenvalue weighted by atomic mass is 10.1. The van der Waals surface area contributed by atoms with E-state index in [-0.39, 0.29) is 10.6 Å². The van der Waals surface area contributed by atoms with Crippen molar-refractivity contribution in [2.24, 2.45) is 5.73 Å². The zero-order chi connectivity index (χ0) is 17.4. The van der Waals surface area contributed by atoms with Crippen LogP contribution in [0, 0.1) is 0 Å². The maximum absolute atomic E-state index is 11.9. The van der Waals surface area contributed by atoms with Gasteiger partial charge in [-0.1, -0.05) is 30.1 Å². The van der Waals surface area contributed by atoms with Crippen LogP contribution >= 0.6 is 35.0 Å². The van der Waals surface area contributed by atoms with E-state index in [1.165, 1.54) is 18.2 Å². The molecule has 0 bridgehead atoms. The molecule has 128 valence electrons. The fourth-order valence-corrected chi connectivity index (χ4v) is 2.64. The molecule has 0 spiro atoms. The van der Waals surface area contributed by atoms with Gasteiger partial charge in [-0.15, -0.1) is 0 Å². The lowest BCUT2D eigenvalue weighted by Gasteiger charge is -2.18. The number of aliphatic hydroxyl groups excluding tert-OH is 1. The molecule has 1 aromatic rings. The minimum absolute atomic E-state index is 0.220. The van der Waals surface area contributed by atoms with Crippen LogP contribution in [0.4, 0.5) is 0 Å². The van der Waals surface area contributed by atoms with Gasteiger partial charge in [0.1, 0.15) is 6.10 Å². The summed E-state index contributed by atoms with van der Waals surface area (Å²) in [6.45, 7) is 2.01. The summed E-state index contributed by atoms with van der Waals surface area (Å²) in [5.74, 6) is 0.332. The van der Waals surface area contributed by atoms with Gasteiger partial charge in [-0.3, -0.25) is 20.4 Å². The van der Waals surface area contributed by atoms with Gasteiger partial charge in [-0.05, 0) is 36.1 Å². The highest BCUT2D eigenvalue weighted by molar-refractivity contribution is 7.99. The molecule has 1 unspecified atom stereocenters. The number of amides is 2. The van der Waals surface area contributed by atoms with E-state index in [0.29, 0.717) is 11.4 Å². The number of hydrogen-bond donors (Lipinski definition) is 4. The molecule has 1 aromatic carbocycles. The van der Waals surface area contributed by atoms with Crippen LogP contribution in [0.1, 0.15) is 23.7 Å². The quantitative estimate of drug-likeness (QED) is 0.425. The van der Waals surface area contributed by atoms with Crippen molar-refractivity contribution in [3.05, 3.63) is 33.8 Å². The zero-order valence-electron chi connectivity index (χ0n) is 12.5. The molecule has 1 rings (SSSR count). The summed E-state index contributed by atoms with van der Waals surface area (Å²) in [4.78, 5) is 23.6. The van der Waals surface area contributed by atoms with Gasteiger partial charge < -0.3 is 10.8 Å². The number of nitrogens with one attached hydrogen (secondary N) is 2. The standard InChI is InChI=1S/C14H19Cl2N3O3S/c1-2-23-6-5-11(17)12(20)14(22)19-18-13(21)8-3-4-9(15)10(16)7-8/h3-4,7,11-12,20H,2,5-6,17H2,1H3,(H,18,21)(H,19,22)/t11-,12?/m1/s1. The number of benzene rings is 1. The number of rotatable bonds is 7. The molecule has 23 heavy (non-hydrogen) atoms. The minimum atomic E-state index is -1.40. The summed E-state index contributed by atoms with van der Waals surface area (Å²) in [6.07, 6.45) is -0.907. The van der Waals surface area contributed by atoms with Crippen molar-refractivity contribution in [1.82, 2.24) is 10.9 Å². The molecule has 0 fully saturated rings. The molecule has 0 aromatic heterocycles. The summed E-state index contributed by atoms with van der Waals surface area (Å²) in [6, 6.07) is 3.60. The van der Waals surface area contributed by atoms with Crippen LogP contribution in [0.25, 0.3) is 0 Å². The molecule has 0 radical (unpaired) electrons. The highest BCUT2D eigenvalue weighted by Gasteiger charge is 2.23. The lowest BCUT2D eigenvalue weighted by molar-refractivity contribution is -0.131. The fourth-order valence-electron chi connectivity index (χ4n) is 1.62. The van der Waals surface area contributed by atoms with Gasteiger partial charge >= 0.3 is 0 Å². The Morgan fingerprint density at radius 3 is 2.61 bits per heavy atom. The van der Waals surface area contributed by atoms with Gasteiger partial charge in [0.05, 0.1) is 10.0 Å². The van der Waals surface area contributed by atoms with E-state index in [1.54, 1.807) is 11.8 Å². The van der Waals surface area contributed by atoms with Gasteiger partial charge in [0.15, 0.2) is 0 Å². The molecular weight excluding hydrogens is 361 g/mol. The molecule has 0 heterocycles. The van der Waals surface area contributed by atoms with Crippen LogP contribution < -0.4 is 16.6 Å². The third-order valence-electron chi connectivity index (χ3n) is 2.95. The van der Waals surface area contributed by atoms with Crippen molar-refractivity contribution in [2.45, 2.75) is 25.5 Å². The van der Waals surface area contributed by atoms with E-state index in [4.69, 9.17) is 28.9 Å². The average molecular weight is 380 g/mol. The third kappa shape index (κ3) is 6.56. The lowest BCUT2D eigenvalue weighted by Crippen LogP contribution is -2.52. The highest BCUT2D eigenvalue weighted by Crippen LogP contribution is 2.22. The number of aliphatic hydroxyl groups is 1. The minimum Gasteiger partial charge on any atom is -0.382 e. The van der Waals surface area contributed by atoms with Crippen molar-refractivity contribution in [1.29, 1.82) is 0 Å². The Bertz CT molecular complexity index is 560. The van der Waals surface area contributed by atoms with E-state index >= 15 is 0 Å². The monoisotopic (exact) mass is 379 g/mol. The number of carbonyl (C=O) groups excluding carboxylic acids is 2. The smallest absolute Gasteiger partial charge is 0.269 e. The third-order valence-corrected chi connectivity index (χ3v) is 4.63. The SMILES string of the molecule is CCSCC[C@@H](N)C(O)C(=O)NNC(=O)c1ccc(Cl)c(Cl)c1. The van der Waals surface area contributed by atoms with E-state index in [9.17, 15) is 14.7 Å². The first-order valence-electron chi connectivity index (χ1n) is 6.93. The molecule has 9 heteroatoms. The molecule has 0 aliphatic rings. The Labute approximate surface area is 149 Å². The molecular formula is C14H19Cl2N3O3S. The molecule has 0 aliphatic carbocycles. The summed E-state index contributed by atoms with van der Waals surface area (Å²) in [7, 11) is 0. The van der Waals surface area contributed by atoms with Crippen molar-refractivity contribution in [3.63, 3.8) is 0 Å². The van der Waals surface area contributed by atoms with Crippen LogP contribution in [0.15, 0.2) is 18.2 Å².